The van der Waals surface area contributed by atoms with Gasteiger partial charge in [-0.3, -0.25) is 19.7 Å². The van der Waals surface area contributed by atoms with Crippen LogP contribution >= 0.6 is 11.8 Å². The molecule has 31 heavy (non-hydrogen) atoms. The molecule has 0 radical (unpaired) electrons. The molecule has 0 saturated carbocycles. The molecule has 3 aromatic rings. The van der Waals surface area contributed by atoms with Gasteiger partial charge in [0, 0.05) is 18.0 Å². The van der Waals surface area contributed by atoms with E-state index in [1.807, 2.05) is 48.7 Å². The number of imide groups is 1. The van der Waals surface area contributed by atoms with Gasteiger partial charge >= 0.3 is 6.03 Å². The van der Waals surface area contributed by atoms with Crippen molar-refractivity contribution in [3.05, 3.63) is 54.4 Å². The Morgan fingerprint density at radius 1 is 1.06 bits per heavy atom. The van der Waals surface area contributed by atoms with Crippen molar-refractivity contribution in [2.45, 2.75) is 44.0 Å². The first-order valence-corrected chi connectivity index (χ1v) is 10.9. The van der Waals surface area contributed by atoms with Crippen molar-refractivity contribution >= 4 is 23.7 Å². The minimum Gasteiger partial charge on any atom is -0.351 e. The van der Waals surface area contributed by atoms with Crippen LogP contribution in [0.4, 0.5) is 4.79 Å². The largest absolute Gasteiger partial charge is 0.351 e. The Kier molecular flexibility index (Phi) is 7.06. The predicted octanol–water partition coefficient (Wildman–Crippen LogP) is 3.76. The van der Waals surface area contributed by atoms with Gasteiger partial charge in [0.05, 0.1) is 10.9 Å². The van der Waals surface area contributed by atoms with E-state index in [0.717, 1.165) is 16.8 Å². The maximum absolute atomic E-state index is 12.6. The third-order valence-corrected chi connectivity index (χ3v) is 6.18. The third-order valence-electron chi connectivity index (χ3n) is 4.70. The van der Waals surface area contributed by atoms with Gasteiger partial charge in [0.2, 0.25) is 5.91 Å². The van der Waals surface area contributed by atoms with Gasteiger partial charge in [-0.2, -0.15) is 0 Å². The molecule has 0 bridgehead atoms. The molecular weight excluding hydrogens is 412 g/mol. The molecule has 1 aromatic carbocycles. The second-order valence-corrected chi connectivity index (χ2v) is 8.84. The maximum atomic E-state index is 12.6. The van der Waals surface area contributed by atoms with Crippen LogP contribution in [0.3, 0.4) is 0 Å². The highest BCUT2D eigenvalue weighted by Gasteiger charge is 2.29. The van der Waals surface area contributed by atoms with Crippen LogP contribution in [0.15, 0.2) is 53.9 Å². The molecule has 3 N–H and O–H groups in total. The number of nitrogens with two attached hydrogens (primary N) is 1. The molecular formula is C22H26N6O2S. The van der Waals surface area contributed by atoms with Crippen molar-refractivity contribution < 1.29 is 9.59 Å². The quantitative estimate of drug-likeness (QED) is 0.543. The number of primary amides is 1. The van der Waals surface area contributed by atoms with Crippen LogP contribution in [-0.4, -0.2) is 36.9 Å². The summed E-state index contributed by atoms with van der Waals surface area (Å²) in [5.41, 5.74) is 8.02. The summed E-state index contributed by atoms with van der Waals surface area (Å²) in [6.07, 6.45) is 3.43. The normalized spacial score (nSPS) is 12.2. The molecule has 0 aliphatic rings. The molecule has 0 saturated heterocycles. The van der Waals surface area contributed by atoms with E-state index in [1.165, 1.54) is 11.8 Å². The summed E-state index contributed by atoms with van der Waals surface area (Å²) < 4.78 is 1.95. The number of carbonyl (C=O) groups is 2. The lowest BCUT2D eigenvalue weighted by molar-refractivity contribution is -0.120. The zero-order valence-electron chi connectivity index (χ0n) is 17.9. The SMILES string of the molecule is CC(C)c1ccccc1-n1c(SC(C(=O)NC(N)=O)C(C)C)nnc1-c1cccnc1. The van der Waals surface area contributed by atoms with E-state index < -0.39 is 17.2 Å². The first kappa shape index (κ1) is 22.5. The lowest BCUT2D eigenvalue weighted by Crippen LogP contribution is -2.42. The zero-order valence-corrected chi connectivity index (χ0v) is 18.8. The summed E-state index contributed by atoms with van der Waals surface area (Å²) >= 11 is 1.25. The summed E-state index contributed by atoms with van der Waals surface area (Å²) in [7, 11) is 0. The van der Waals surface area contributed by atoms with Gasteiger partial charge in [-0.05, 0) is 35.6 Å². The van der Waals surface area contributed by atoms with Crippen LogP contribution < -0.4 is 11.1 Å². The number of nitrogens with one attached hydrogen (secondary N) is 1. The number of pyridine rings is 1. The number of thioether (sulfide) groups is 1. The second-order valence-electron chi connectivity index (χ2n) is 7.73. The highest BCUT2D eigenvalue weighted by atomic mass is 32.2. The van der Waals surface area contributed by atoms with E-state index in [9.17, 15) is 9.59 Å². The first-order valence-electron chi connectivity index (χ1n) is 10.0. The number of para-hydroxylation sites is 1. The Bertz CT molecular complexity index is 1060. The van der Waals surface area contributed by atoms with Crippen molar-refractivity contribution in [2.24, 2.45) is 11.7 Å². The van der Waals surface area contributed by atoms with Gasteiger partial charge in [-0.15, -0.1) is 10.2 Å². The Labute approximate surface area is 185 Å². The number of benzene rings is 1. The minimum absolute atomic E-state index is 0.0725. The van der Waals surface area contributed by atoms with Crippen LogP contribution in [-0.2, 0) is 4.79 Å². The molecule has 1 atom stereocenters. The number of carbonyl (C=O) groups excluding carboxylic acids is 2. The van der Waals surface area contributed by atoms with Gasteiger partial charge in [0.15, 0.2) is 11.0 Å². The average molecular weight is 439 g/mol. The second kappa shape index (κ2) is 9.74. The van der Waals surface area contributed by atoms with Gasteiger partial charge in [-0.25, -0.2) is 4.79 Å². The Morgan fingerprint density at radius 3 is 2.42 bits per heavy atom. The Morgan fingerprint density at radius 2 is 1.81 bits per heavy atom. The van der Waals surface area contributed by atoms with E-state index in [1.54, 1.807) is 12.4 Å². The van der Waals surface area contributed by atoms with Gasteiger partial charge in [0.25, 0.3) is 0 Å². The van der Waals surface area contributed by atoms with Crippen molar-refractivity contribution in [1.29, 1.82) is 0 Å². The molecule has 1 unspecified atom stereocenters. The van der Waals surface area contributed by atoms with Gasteiger partial charge < -0.3 is 5.73 Å². The molecule has 0 spiro atoms. The fourth-order valence-corrected chi connectivity index (χ4v) is 4.27. The van der Waals surface area contributed by atoms with E-state index in [2.05, 4.69) is 40.4 Å². The highest BCUT2D eigenvalue weighted by molar-refractivity contribution is 8.00. The van der Waals surface area contributed by atoms with Gasteiger partial charge in [-0.1, -0.05) is 57.7 Å². The standard InChI is InChI=1S/C22H26N6O2S/c1-13(2)16-9-5-6-10-17(16)28-19(15-8-7-11-24-12-15)26-27-22(28)31-18(14(3)4)20(29)25-21(23)30/h5-14,18H,1-4H3,(H3,23,25,29,30). The number of hydrogen-bond acceptors (Lipinski definition) is 6. The zero-order chi connectivity index (χ0) is 22.5. The summed E-state index contributed by atoms with van der Waals surface area (Å²) in [6, 6.07) is 10.9. The predicted molar refractivity (Wildman–Crippen MR) is 121 cm³/mol. The Balaban J connectivity index is 2.15. The fraction of sp³-hybridized carbons (Fsp3) is 0.318. The molecule has 2 heterocycles. The molecule has 9 heteroatoms. The topological polar surface area (TPSA) is 116 Å². The van der Waals surface area contributed by atoms with E-state index in [0.29, 0.717) is 11.0 Å². The molecule has 3 rings (SSSR count). The van der Waals surface area contributed by atoms with Crippen LogP contribution in [0.5, 0.6) is 0 Å². The molecule has 0 aliphatic heterocycles. The first-order chi connectivity index (χ1) is 14.8. The summed E-state index contributed by atoms with van der Waals surface area (Å²) in [5, 5.41) is 11.0. The highest BCUT2D eigenvalue weighted by Crippen LogP contribution is 2.35. The number of hydrogen-bond donors (Lipinski definition) is 2. The lowest BCUT2D eigenvalue weighted by Gasteiger charge is -2.21. The maximum Gasteiger partial charge on any atom is 0.318 e. The molecule has 8 nitrogen and oxygen atoms in total. The number of rotatable bonds is 7. The monoisotopic (exact) mass is 438 g/mol. The summed E-state index contributed by atoms with van der Waals surface area (Å²) in [6.45, 7) is 8.06. The molecule has 162 valence electrons. The van der Waals surface area contributed by atoms with Crippen molar-refractivity contribution in [3.63, 3.8) is 0 Å². The number of amides is 3. The molecule has 3 amide bonds. The summed E-state index contributed by atoms with van der Waals surface area (Å²) in [4.78, 5) is 28.0. The van der Waals surface area contributed by atoms with Crippen LogP contribution in [0, 0.1) is 5.92 Å². The van der Waals surface area contributed by atoms with E-state index in [-0.39, 0.29) is 11.8 Å². The average Bonchev–Trinajstić information content (AvgIpc) is 3.15. The number of urea groups is 1. The summed E-state index contributed by atoms with van der Waals surface area (Å²) in [5.74, 6) is 0.359. The number of aromatic nitrogens is 4. The van der Waals surface area contributed by atoms with Crippen LogP contribution in [0.2, 0.25) is 0 Å². The fourth-order valence-electron chi connectivity index (χ4n) is 3.22. The minimum atomic E-state index is -0.876. The molecule has 0 aliphatic carbocycles. The smallest absolute Gasteiger partial charge is 0.318 e. The van der Waals surface area contributed by atoms with Crippen LogP contribution in [0.1, 0.15) is 39.2 Å². The van der Waals surface area contributed by atoms with Gasteiger partial charge in [0.1, 0.15) is 0 Å². The van der Waals surface area contributed by atoms with Crippen molar-refractivity contribution in [3.8, 4) is 17.1 Å². The lowest BCUT2D eigenvalue weighted by atomic mass is 10.0. The van der Waals surface area contributed by atoms with Crippen LogP contribution in [0.25, 0.3) is 17.1 Å². The van der Waals surface area contributed by atoms with E-state index in [4.69, 9.17) is 5.73 Å². The molecule has 2 aromatic heterocycles. The Hall–Kier alpha value is -3.20. The third kappa shape index (κ3) is 5.11. The van der Waals surface area contributed by atoms with E-state index >= 15 is 0 Å². The van der Waals surface area contributed by atoms with Crippen molar-refractivity contribution in [2.75, 3.05) is 0 Å². The van der Waals surface area contributed by atoms with Crippen molar-refractivity contribution in [1.82, 2.24) is 25.1 Å². The molecule has 0 fully saturated rings. The number of nitrogens with zero attached hydrogens (tertiary/aromatic N) is 4.